The van der Waals surface area contributed by atoms with Gasteiger partial charge in [-0.15, -0.1) is 0 Å². The van der Waals surface area contributed by atoms with Gasteiger partial charge in [-0.25, -0.2) is 4.79 Å². The zero-order valence-corrected chi connectivity index (χ0v) is 14.0. The normalized spacial score (nSPS) is 12.4. The van der Waals surface area contributed by atoms with Gasteiger partial charge in [-0.3, -0.25) is 4.79 Å². The average Bonchev–Trinajstić information content (AvgIpc) is 2.55. The third kappa shape index (κ3) is 4.95. The summed E-state index contributed by atoms with van der Waals surface area (Å²) in [6.07, 6.45) is 0.503. The zero-order chi connectivity index (χ0) is 17.6. The highest BCUT2D eigenvalue weighted by atomic mass is 16.4. The Morgan fingerprint density at radius 3 is 2.08 bits per heavy atom. The van der Waals surface area contributed by atoms with Crippen molar-refractivity contribution in [2.75, 3.05) is 0 Å². The Morgan fingerprint density at radius 2 is 1.54 bits per heavy atom. The Kier molecular flexibility index (Phi) is 5.74. The second-order valence-electron chi connectivity index (χ2n) is 6.57. The van der Waals surface area contributed by atoms with E-state index in [0.717, 1.165) is 11.1 Å². The molecule has 2 rings (SSSR count). The highest BCUT2D eigenvalue weighted by Gasteiger charge is 2.27. The molecule has 0 spiro atoms. The van der Waals surface area contributed by atoms with Crippen LogP contribution >= 0.6 is 0 Å². The predicted octanol–water partition coefficient (Wildman–Crippen LogP) is 3.17. The molecule has 2 aromatic carbocycles. The van der Waals surface area contributed by atoms with E-state index in [4.69, 9.17) is 0 Å². The molecular weight excluding hydrogens is 302 g/mol. The maximum atomic E-state index is 12.4. The van der Waals surface area contributed by atoms with Crippen LogP contribution in [-0.4, -0.2) is 23.0 Å². The molecule has 126 valence electrons. The second-order valence-corrected chi connectivity index (χ2v) is 6.57. The number of nitrogens with one attached hydrogen (secondary N) is 1. The lowest BCUT2D eigenvalue weighted by Crippen LogP contribution is -2.44. The molecule has 0 fully saturated rings. The van der Waals surface area contributed by atoms with E-state index in [1.807, 2.05) is 74.5 Å². The molecule has 0 bridgehead atoms. The number of benzene rings is 2. The maximum Gasteiger partial charge on any atom is 0.326 e. The first-order chi connectivity index (χ1) is 11.4. The number of carboxylic acid groups (broad SMARTS) is 1. The van der Waals surface area contributed by atoms with Crippen LogP contribution in [0.3, 0.4) is 0 Å². The molecule has 4 heteroatoms. The highest BCUT2D eigenvalue weighted by molar-refractivity contribution is 5.84. The fourth-order valence-electron chi connectivity index (χ4n) is 2.69. The Balaban J connectivity index is 2.02. The molecule has 0 aliphatic carbocycles. The molecule has 0 saturated carbocycles. The lowest BCUT2D eigenvalue weighted by atomic mass is 9.81. The number of carbonyl (C=O) groups excluding carboxylic acids is 1. The van der Waals surface area contributed by atoms with E-state index in [1.54, 1.807) is 0 Å². The van der Waals surface area contributed by atoms with Gasteiger partial charge in [0, 0.05) is 12.8 Å². The molecule has 0 radical (unpaired) electrons. The van der Waals surface area contributed by atoms with Gasteiger partial charge in [-0.1, -0.05) is 74.5 Å². The monoisotopic (exact) mass is 325 g/mol. The van der Waals surface area contributed by atoms with E-state index in [2.05, 4.69) is 5.32 Å². The quantitative estimate of drug-likeness (QED) is 0.822. The fraction of sp³-hybridized carbons (Fsp3) is 0.300. The van der Waals surface area contributed by atoms with Crippen molar-refractivity contribution in [1.82, 2.24) is 5.32 Å². The summed E-state index contributed by atoms with van der Waals surface area (Å²) >= 11 is 0. The van der Waals surface area contributed by atoms with Gasteiger partial charge in [0.2, 0.25) is 5.91 Å². The van der Waals surface area contributed by atoms with Gasteiger partial charge in [-0.2, -0.15) is 0 Å². The van der Waals surface area contributed by atoms with Crippen molar-refractivity contribution in [2.45, 2.75) is 38.1 Å². The Labute approximate surface area is 142 Å². The first kappa shape index (κ1) is 17.7. The third-order valence-electron chi connectivity index (χ3n) is 4.07. The van der Waals surface area contributed by atoms with Crippen molar-refractivity contribution in [3.63, 3.8) is 0 Å². The average molecular weight is 325 g/mol. The number of amides is 1. The maximum absolute atomic E-state index is 12.4. The van der Waals surface area contributed by atoms with Crippen molar-refractivity contribution in [1.29, 1.82) is 0 Å². The first-order valence-corrected chi connectivity index (χ1v) is 8.00. The third-order valence-corrected chi connectivity index (χ3v) is 4.07. The molecule has 0 aliphatic rings. The van der Waals surface area contributed by atoms with E-state index in [9.17, 15) is 14.7 Å². The standard InChI is InChI=1S/C20H23NO3/c1-20(2,16-11-7-4-8-12-16)14-18(22)21-17(19(23)24)13-15-9-5-3-6-10-15/h3-12,17H,13-14H2,1-2H3,(H,21,22)(H,23,24). The lowest BCUT2D eigenvalue weighted by Gasteiger charge is -2.25. The molecule has 0 aromatic heterocycles. The largest absolute Gasteiger partial charge is 0.480 e. The number of rotatable bonds is 7. The van der Waals surface area contributed by atoms with E-state index >= 15 is 0 Å². The Hall–Kier alpha value is -2.62. The summed E-state index contributed by atoms with van der Waals surface area (Å²) in [7, 11) is 0. The molecule has 0 saturated heterocycles. The minimum absolute atomic E-state index is 0.232. The molecule has 1 atom stereocenters. The van der Waals surface area contributed by atoms with Crippen LogP contribution in [-0.2, 0) is 21.4 Å². The van der Waals surface area contributed by atoms with Gasteiger partial charge in [0.15, 0.2) is 0 Å². The molecule has 0 heterocycles. The van der Waals surface area contributed by atoms with Crippen molar-refractivity contribution in [3.05, 3.63) is 71.8 Å². The van der Waals surface area contributed by atoms with E-state index in [1.165, 1.54) is 0 Å². The zero-order valence-electron chi connectivity index (χ0n) is 14.0. The lowest BCUT2D eigenvalue weighted by molar-refractivity contribution is -0.142. The Bertz CT molecular complexity index is 681. The van der Waals surface area contributed by atoms with Crippen LogP contribution in [0.4, 0.5) is 0 Å². The summed E-state index contributed by atoms with van der Waals surface area (Å²) in [5.74, 6) is -1.28. The smallest absolute Gasteiger partial charge is 0.326 e. The molecular formula is C20H23NO3. The van der Waals surface area contributed by atoms with Crippen molar-refractivity contribution in [3.8, 4) is 0 Å². The van der Waals surface area contributed by atoms with Gasteiger partial charge < -0.3 is 10.4 Å². The van der Waals surface area contributed by atoms with Crippen LogP contribution in [0.25, 0.3) is 0 Å². The van der Waals surface area contributed by atoms with Crippen LogP contribution in [0.15, 0.2) is 60.7 Å². The second kappa shape index (κ2) is 7.77. The Morgan fingerprint density at radius 1 is 1.00 bits per heavy atom. The van der Waals surface area contributed by atoms with E-state index in [-0.39, 0.29) is 24.2 Å². The summed E-state index contributed by atoms with van der Waals surface area (Å²) in [4.78, 5) is 23.8. The van der Waals surface area contributed by atoms with Crippen LogP contribution in [0.2, 0.25) is 0 Å². The van der Waals surface area contributed by atoms with Gasteiger partial charge in [0.25, 0.3) is 0 Å². The molecule has 1 unspecified atom stereocenters. The molecule has 2 aromatic rings. The SMILES string of the molecule is CC(C)(CC(=O)NC(Cc1ccccc1)C(=O)O)c1ccccc1. The molecule has 1 amide bonds. The van der Waals surface area contributed by atoms with E-state index in [0.29, 0.717) is 0 Å². The van der Waals surface area contributed by atoms with E-state index < -0.39 is 12.0 Å². The summed E-state index contributed by atoms with van der Waals surface area (Å²) in [5, 5.41) is 12.0. The summed E-state index contributed by atoms with van der Waals surface area (Å²) in [5.41, 5.74) is 1.57. The number of hydrogen-bond acceptors (Lipinski definition) is 2. The predicted molar refractivity (Wildman–Crippen MR) is 93.8 cm³/mol. The number of carbonyl (C=O) groups is 2. The summed E-state index contributed by atoms with van der Waals surface area (Å²) in [6, 6.07) is 18.1. The van der Waals surface area contributed by atoms with Crippen molar-refractivity contribution in [2.24, 2.45) is 0 Å². The molecule has 0 aliphatic heterocycles. The first-order valence-electron chi connectivity index (χ1n) is 8.00. The van der Waals surface area contributed by atoms with Gasteiger partial charge in [-0.05, 0) is 16.5 Å². The summed E-state index contributed by atoms with van der Waals surface area (Å²) < 4.78 is 0. The minimum Gasteiger partial charge on any atom is -0.480 e. The number of carboxylic acids is 1. The van der Waals surface area contributed by atoms with Crippen LogP contribution < -0.4 is 5.32 Å². The van der Waals surface area contributed by atoms with Crippen LogP contribution in [0.5, 0.6) is 0 Å². The van der Waals surface area contributed by atoms with Crippen molar-refractivity contribution >= 4 is 11.9 Å². The van der Waals surface area contributed by atoms with Crippen LogP contribution in [0, 0.1) is 0 Å². The minimum atomic E-state index is -1.02. The molecule has 24 heavy (non-hydrogen) atoms. The molecule has 2 N–H and O–H groups in total. The van der Waals surface area contributed by atoms with Crippen LogP contribution in [0.1, 0.15) is 31.4 Å². The number of aliphatic carboxylic acids is 1. The topological polar surface area (TPSA) is 66.4 Å². The number of hydrogen-bond donors (Lipinski definition) is 2. The summed E-state index contributed by atoms with van der Waals surface area (Å²) in [6.45, 7) is 3.96. The molecule has 4 nitrogen and oxygen atoms in total. The van der Waals surface area contributed by atoms with Gasteiger partial charge in [0.05, 0.1) is 0 Å². The van der Waals surface area contributed by atoms with Gasteiger partial charge in [0.1, 0.15) is 6.04 Å². The fourth-order valence-corrected chi connectivity index (χ4v) is 2.69. The highest BCUT2D eigenvalue weighted by Crippen LogP contribution is 2.26. The van der Waals surface area contributed by atoms with Crippen molar-refractivity contribution < 1.29 is 14.7 Å². The van der Waals surface area contributed by atoms with Gasteiger partial charge >= 0.3 is 5.97 Å².